The van der Waals surface area contributed by atoms with E-state index < -0.39 is 57.8 Å². The molecule has 212 valence electrons. The number of carbonyl (C=O) groups excluding carboxylic acids is 3. The minimum absolute atomic E-state index is 0.0938. The molecule has 11 nitrogen and oxygen atoms in total. The van der Waals surface area contributed by atoms with Gasteiger partial charge >= 0.3 is 0 Å². The number of imide groups is 1. The first-order valence-electron chi connectivity index (χ1n) is 13.6. The number of rotatable bonds is 6. The van der Waals surface area contributed by atoms with Crippen molar-refractivity contribution in [2.45, 2.75) is 18.4 Å². The van der Waals surface area contributed by atoms with Crippen LogP contribution in [0, 0.1) is 32.1 Å². The summed E-state index contributed by atoms with van der Waals surface area (Å²) in [5.74, 6) is -4.50. The van der Waals surface area contributed by atoms with Gasteiger partial charge in [0, 0.05) is 35.6 Å². The quantitative estimate of drug-likeness (QED) is 0.180. The van der Waals surface area contributed by atoms with Crippen LogP contribution in [0.4, 0.5) is 11.4 Å². The Hall–Kier alpha value is -5.71. The highest BCUT2D eigenvalue weighted by molar-refractivity contribution is 6.10. The zero-order valence-corrected chi connectivity index (χ0v) is 22.4. The van der Waals surface area contributed by atoms with E-state index in [1.807, 2.05) is 48.5 Å². The largest absolute Gasteiger partial charge is 0.274 e. The van der Waals surface area contributed by atoms with E-state index in [2.05, 4.69) is 0 Å². The smallest absolute Gasteiger partial charge is 0.272 e. The molecule has 43 heavy (non-hydrogen) atoms. The molecular weight excluding hydrogens is 552 g/mol. The Bertz CT molecular complexity index is 1770. The number of amides is 3. The molecule has 0 N–H and O–H groups in total. The molecule has 1 heterocycles. The van der Waals surface area contributed by atoms with E-state index in [1.165, 1.54) is 36.4 Å². The number of non-ortho nitro benzene ring substituents is 1. The summed E-state index contributed by atoms with van der Waals surface area (Å²) in [6.07, 6.45) is 0. The van der Waals surface area contributed by atoms with Gasteiger partial charge in [-0.15, -0.1) is 0 Å². The average molecular weight is 575 g/mol. The Morgan fingerprint density at radius 3 is 1.72 bits per heavy atom. The molecule has 11 heteroatoms. The predicted molar refractivity (Wildman–Crippen MR) is 151 cm³/mol. The number of carbonyl (C=O) groups is 3. The van der Waals surface area contributed by atoms with Crippen LogP contribution in [0.5, 0.6) is 0 Å². The number of nitrogens with zero attached hydrogens (tertiary/aromatic N) is 4. The van der Waals surface area contributed by atoms with Gasteiger partial charge in [0.15, 0.2) is 0 Å². The molecule has 2 bridgehead atoms. The van der Waals surface area contributed by atoms with E-state index in [4.69, 9.17) is 0 Å². The molecule has 1 aliphatic heterocycles. The SMILES string of the molecule is O=C(c1cccc([N+](=O)[O-])c1)N(Cc1ccccc1[N+](=O)[O-])N1C(=O)[C@@H]2C3c4ccccc4C(c4ccccc43)[C@@H]2C1=O. The fourth-order valence-electron chi connectivity index (χ4n) is 7.02. The van der Waals surface area contributed by atoms with Gasteiger partial charge in [-0.1, -0.05) is 72.8 Å². The normalized spacial score (nSPS) is 21.2. The molecule has 1 fully saturated rings. The lowest BCUT2D eigenvalue weighted by molar-refractivity contribution is -0.385. The summed E-state index contributed by atoms with van der Waals surface area (Å²) >= 11 is 0. The fourth-order valence-corrected chi connectivity index (χ4v) is 7.02. The Morgan fingerprint density at radius 1 is 0.698 bits per heavy atom. The summed E-state index contributed by atoms with van der Waals surface area (Å²) in [6.45, 7) is -0.481. The molecule has 1 saturated heterocycles. The predicted octanol–water partition coefficient (Wildman–Crippen LogP) is 4.95. The number of hydrazine groups is 1. The topological polar surface area (TPSA) is 144 Å². The highest BCUT2D eigenvalue weighted by Gasteiger charge is 2.63. The molecule has 3 aliphatic carbocycles. The van der Waals surface area contributed by atoms with Crippen LogP contribution in [0.1, 0.15) is 50.0 Å². The lowest BCUT2D eigenvalue weighted by Gasteiger charge is -2.45. The van der Waals surface area contributed by atoms with Crippen molar-refractivity contribution in [1.82, 2.24) is 10.0 Å². The Kier molecular flexibility index (Phi) is 5.91. The lowest BCUT2D eigenvalue weighted by Crippen LogP contribution is -2.50. The molecule has 8 rings (SSSR count). The first-order valence-corrected chi connectivity index (χ1v) is 13.6. The summed E-state index contributed by atoms with van der Waals surface area (Å²) in [5.41, 5.74) is 3.10. The summed E-state index contributed by atoms with van der Waals surface area (Å²) in [7, 11) is 0. The highest BCUT2D eigenvalue weighted by Crippen LogP contribution is 2.61. The molecule has 0 spiro atoms. The molecule has 0 aromatic heterocycles. The van der Waals surface area contributed by atoms with Gasteiger partial charge < -0.3 is 0 Å². The van der Waals surface area contributed by atoms with Crippen molar-refractivity contribution in [3.05, 3.63) is 151 Å². The van der Waals surface area contributed by atoms with Crippen molar-refractivity contribution in [2.24, 2.45) is 11.8 Å². The van der Waals surface area contributed by atoms with E-state index in [0.29, 0.717) is 0 Å². The van der Waals surface area contributed by atoms with Gasteiger partial charge in [-0.3, -0.25) is 34.6 Å². The van der Waals surface area contributed by atoms with Gasteiger partial charge in [0.25, 0.3) is 29.1 Å². The molecule has 4 aromatic carbocycles. The van der Waals surface area contributed by atoms with Crippen LogP contribution in [0.3, 0.4) is 0 Å². The maximum atomic E-state index is 14.4. The maximum Gasteiger partial charge on any atom is 0.274 e. The van der Waals surface area contributed by atoms with Crippen LogP contribution < -0.4 is 0 Å². The molecule has 0 unspecified atom stereocenters. The van der Waals surface area contributed by atoms with Crippen LogP contribution in [-0.4, -0.2) is 37.6 Å². The summed E-state index contributed by atoms with van der Waals surface area (Å²) in [5, 5.41) is 25.0. The second-order valence-corrected chi connectivity index (χ2v) is 10.8. The van der Waals surface area contributed by atoms with Crippen molar-refractivity contribution >= 4 is 29.1 Å². The van der Waals surface area contributed by atoms with Gasteiger partial charge in [-0.2, -0.15) is 5.01 Å². The van der Waals surface area contributed by atoms with E-state index in [1.54, 1.807) is 6.07 Å². The molecule has 3 amide bonds. The zero-order valence-electron chi connectivity index (χ0n) is 22.4. The van der Waals surface area contributed by atoms with Crippen molar-refractivity contribution in [1.29, 1.82) is 0 Å². The summed E-state index contributed by atoms with van der Waals surface area (Å²) in [4.78, 5) is 64.9. The van der Waals surface area contributed by atoms with E-state index in [9.17, 15) is 34.6 Å². The number of nitro groups is 2. The number of nitro benzene ring substituents is 2. The van der Waals surface area contributed by atoms with Crippen molar-refractivity contribution in [3.8, 4) is 0 Å². The van der Waals surface area contributed by atoms with Gasteiger partial charge in [-0.05, 0) is 28.3 Å². The maximum absolute atomic E-state index is 14.4. The van der Waals surface area contributed by atoms with E-state index in [0.717, 1.165) is 38.3 Å². The Balaban J connectivity index is 1.37. The summed E-state index contributed by atoms with van der Waals surface area (Å²) in [6, 6.07) is 26.1. The molecular formula is C32H22N4O7. The van der Waals surface area contributed by atoms with Gasteiger partial charge in [-0.25, -0.2) is 5.01 Å². The number of para-hydroxylation sites is 1. The highest BCUT2D eigenvalue weighted by atomic mass is 16.6. The number of hydrogen-bond donors (Lipinski definition) is 0. The van der Waals surface area contributed by atoms with Crippen molar-refractivity contribution in [2.75, 3.05) is 0 Å². The van der Waals surface area contributed by atoms with E-state index in [-0.39, 0.29) is 22.5 Å². The Morgan fingerprint density at radius 2 is 1.21 bits per heavy atom. The lowest BCUT2D eigenvalue weighted by atomic mass is 9.55. The van der Waals surface area contributed by atoms with Crippen LogP contribution in [0.25, 0.3) is 0 Å². The van der Waals surface area contributed by atoms with Crippen molar-refractivity contribution < 1.29 is 24.2 Å². The molecule has 4 aromatic rings. The second kappa shape index (κ2) is 9.69. The number of hydrogen-bond acceptors (Lipinski definition) is 7. The molecule has 4 aliphatic rings. The third-order valence-electron chi connectivity index (χ3n) is 8.71. The van der Waals surface area contributed by atoms with Crippen LogP contribution >= 0.6 is 0 Å². The molecule has 0 radical (unpaired) electrons. The third-order valence-corrected chi connectivity index (χ3v) is 8.71. The molecule has 2 atom stereocenters. The molecule has 0 saturated carbocycles. The monoisotopic (exact) mass is 574 g/mol. The summed E-state index contributed by atoms with van der Waals surface area (Å²) < 4.78 is 0. The van der Waals surface area contributed by atoms with Gasteiger partial charge in [0.1, 0.15) is 0 Å². The van der Waals surface area contributed by atoms with Crippen molar-refractivity contribution in [3.63, 3.8) is 0 Å². The van der Waals surface area contributed by atoms with Crippen LogP contribution in [0.15, 0.2) is 97.1 Å². The fraction of sp³-hybridized carbons (Fsp3) is 0.156. The third kappa shape index (κ3) is 3.85. The minimum atomic E-state index is -0.871. The second-order valence-electron chi connectivity index (χ2n) is 10.8. The first kappa shape index (κ1) is 26.2. The Labute approximate surface area is 244 Å². The average Bonchev–Trinajstić information content (AvgIpc) is 3.29. The first-order chi connectivity index (χ1) is 20.8. The number of benzene rings is 4. The standard InChI is InChI=1S/C32H22N4O7/c37-30(18-9-7-10-20(16-18)35(40)41)33(17-19-8-1-6-15-25(19)36(42)43)34-31(38)28-26-21-11-2-3-12-22(21)27(29(28)32(34)39)24-14-5-4-13-23(24)26/h1-16,26-29H,17H2/t26?,27?,28-,29+. The van der Waals surface area contributed by atoms with Gasteiger partial charge in [0.05, 0.1) is 33.8 Å². The van der Waals surface area contributed by atoms with E-state index >= 15 is 0 Å². The minimum Gasteiger partial charge on any atom is -0.272 e. The van der Waals surface area contributed by atoms with Crippen LogP contribution in [0.2, 0.25) is 0 Å². The van der Waals surface area contributed by atoms with Gasteiger partial charge in [0.2, 0.25) is 0 Å². The zero-order chi connectivity index (χ0) is 30.0. The van der Waals surface area contributed by atoms with Crippen LogP contribution in [-0.2, 0) is 16.1 Å².